The number of hydrogen-bond acceptors (Lipinski definition) is 3. The van der Waals surface area contributed by atoms with E-state index in [1.165, 1.54) is 0 Å². The van der Waals surface area contributed by atoms with Gasteiger partial charge in [-0.1, -0.05) is 12.1 Å². The smallest absolute Gasteiger partial charge is 0.233 e. The van der Waals surface area contributed by atoms with Gasteiger partial charge in [-0.15, -0.1) is 12.4 Å². The van der Waals surface area contributed by atoms with Crippen molar-refractivity contribution >= 4 is 18.3 Å². The average Bonchev–Trinajstić information content (AvgIpc) is 3.16. The maximum Gasteiger partial charge on any atom is 0.233 e. The summed E-state index contributed by atoms with van der Waals surface area (Å²) < 4.78 is 0. The lowest BCUT2D eigenvalue weighted by Crippen LogP contribution is -2.40. The quantitative estimate of drug-likeness (QED) is 0.872. The first-order chi connectivity index (χ1) is 9.09. The summed E-state index contributed by atoms with van der Waals surface area (Å²) in [5.74, 6) is 0.600. The molecule has 0 unspecified atom stereocenters. The van der Waals surface area contributed by atoms with Gasteiger partial charge in [0.2, 0.25) is 5.91 Å². The van der Waals surface area contributed by atoms with Crippen LogP contribution < -0.4 is 5.73 Å². The highest BCUT2D eigenvalue weighted by Crippen LogP contribution is 2.55. The second-order valence-corrected chi connectivity index (χ2v) is 5.13. The number of amides is 1. The van der Waals surface area contributed by atoms with Crippen LogP contribution in [-0.4, -0.2) is 35.5 Å². The fourth-order valence-electron chi connectivity index (χ4n) is 2.91. The van der Waals surface area contributed by atoms with E-state index in [-0.39, 0.29) is 30.0 Å². The Morgan fingerprint density at radius 2 is 1.90 bits per heavy atom. The van der Waals surface area contributed by atoms with Crippen molar-refractivity contribution in [3.8, 4) is 5.75 Å². The lowest BCUT2D eigenvalue weighted by atomic mass is 9.91. The molecule has 0 aliphatic heterocycles. The number of benzene rings is 1. The first-order valence-electron chi connectivity index (χ1n) is 6.89. The van der Waals surface area contributed by atoms with Crippen LogP contribution in [0.2, 0.25) is 0 Å². The Morgan fingerprint density at radius 3 is 2.30 bits per heavy atom. The number of nitrogens with zero attached hydrogens (tertiary/aromatic N) is 1. The van der Waals surface area contributed by atoms with Crippen LogP contribution in [0.4, 0.5) is 0 Å². The molecule has 0 spiro atoms. The Kier molecular flexibility index (Phi) is 5.42. The van der Waals surface area contributed by atoms with E-state index in [2.05, 4.69) is 0 Å². The van der Waals surface area contributed by atoms with Gasteiger partial charge in [0.1, 0.15) is 5.75 Å². The molecule has 5 heteroatoms. The number of phenolic OH excluding ortho intramolecular Hbond substituents is 1. The van der Waals surface area contributed by atoms with E-state index in [4.69, 9.17) is 5.73 Å². The Balaban J connectivity index is 0.00000200. The molecule has 0 saturated heterocycles. The molecule has 2 rings (SSSR count). The number of phenols is 1. The summed E-state index contributed by atoms with van der Waals surface area (Å²) in [6.45, 7) is 5.93. The van der Waals surface area contributed by atoms with E-state index in [9.17, 15) is 9.90 Å². The van der Waals surface area contributed by atoms with Crippen molar-refractivity contribution in [1.29, 1.82) is 0 Å². The molecule has 1 aromatic rings. The van der Waals surface area contributed by atoms with Gasteiger partial charge in [0.05, 0.1) is 5.41 Å². The van der Waals surface area contributed by atoms with Crippen LogP contribution in [0.25, 0.3) is 0 Å². The monoisotopic (exact) mass is 298 g/mol. The summed E-state index contributed by atoms with van der Waals surface area (Å²) in [5, 5.41) is 9.39. The molecule has 112 valence electrons. The van der Waals surface area contributed by atoms with Crippen LogP contribution in [0, 0.1) is 5.92 Å². The fraction of sp³-hybridized carbons (Fsp3) is 0.533. The van der Waals surface area contributed by atoms with Gasteiger partial charge in [0, 0.05) is 13.1 Å². The zero-order valence-electron chi connectivity index (χ0n) is 12.0. The molecular formula is C15H23ClN2O2. The predicted octanol–water partition coefficient (Wildman–Crippen LogP) is 1.90. The first kappa shape index (κ1) is 16.8. The molecule has 1 aromatic carbocycles. The number of nitrogens with two attached hydrogens (primary N) is 1. The van der Waals surface area contributed by atoms with Gasteiger partial charge in [0.15, 0.2) is 0 Å². The third kappa shape index (κ3) is 2.63. The molecule has 0 radical (unpaired) electrons. The van der Waals surface area contributed by atoms with Crippen LogP contribution in [0.5, 0.6) is 5.75 Å². The van der Waals surface area contributed by atoms with Gasteiger partial charge in [0.25, 0.3) is 0 Å². The third-order valence-corrected chi connectivity index (χ3v) is 4.20. The topological polar surface area (TPSA) is 66.6 Å². The molecule has 1 amide bonds. The van der Waals surface area contributed by atoms with E-state index in [1.54, 1.807) is 12.1 Å². The van der Waals surface area contributed by atoms with Crippen molar-refractivity contribution in [2.45, 2.75) is 25.7 Å². The summed E-state index contributed by atoms with van der Waals surface area (Å²) in [6, 6.07) is 6.95. The van der Waals surface area contributed by atoms with Crippen molar-refractivity contribution in [2.24, 2.45) is 11.7 Å². The van der Waals surface area contributed by atoms with Crippen LogP contribution >= 0.6 is 12.4 Å². The number of carbonyl (C=O) groups is 1. The fourth-order valence-corrected chi connectivity index (χ4v) is 2.91. The van der Waals surface area contributed by atoms with Crippen molar-refractivity contribution in [3.05, 3.63) is 29.8 Å². The number of aromatic hydroxyl groups is 1. The summed E-state index contributed by atoms with van der Waals surface area (Å²) in [5.41, 5.74) is 6.28. The largest absolute Gasteiger partial charge is 0.508 e. The van der Waals surface area contributed by atoms with Gasteiger partial charge in [-0.05, 0) is 50.4 Å². The molecule has 1 saturated carbocycles. The molecule has 1 fully saturated rings. The van der Waals surface area contributed by atoms with Crippen molar-refractivity contribution in [2.75, 3.05) is 19.6 Å². The highest BCUT2D eigenvalue weighted by Gasteiger charge is 2.61. The molecule has 3 N–H and O–H groups in total. The summed E-state index contributed by atoms with van der Waals surface area (Å²) in [7, 11) is 0. The van der Waals surface area contributed by atoms with Gasteiger partial charge in [-0.25, -0.2) is 0 Å². The molecule has 0 bridgehead atoms. The summed E-state index contributed by atoms with van der Waals surface area (Å²) in [6.07, 6.45) is 0.809. The second-order valence-electron chi connectivity index (χ2n) is 5.13. The molecule has 4 nitrogen and oxygen atoms in total. The van der Waals surface area contributed by atoms with Crippen LogP contribution in [0.1, 0.15) is 25.8 Å². The zero-order valence-corrected chi connectivity index (χ0v) is 12.8. The van der Waals surface area contributed by atoms with Gasteiger partial charge in [-0.3, -0.25) is 4.79 Å². The number of halogens is 1. The van der Waals surface area contributed by atoms with E-state index in [0.717, 1.165) is 12.0 Å². The maximum atomic E-state index is 12.8. The minimum absolute atomic E-state index is 0. The maximum absolute atomic E-state index is 12.8. The molecule has 0 aromatic heterocycles. The molecule has 2 atom stereocenters. The molecule has 0 heterocycles. The highest BCUT2D eigenvalue weighted by molar-refractivity contribution is 5.92. The van der Waals surface area contributed by atoms with E-state index >= 15 is 0 Å². The normalized spacial score (nSPS) is 23.9. The standard InChI is InChI=1S/C15H22N2O2.ClH/c1-3-17(4-2)14(19)15(9-12(15)10-16)11-5-7-13(18)8-6-11;/h5-8,12,18H,3-4,9-10,16H2,1-2H3;1H/t12-,15+;/m1./s1. The molecule has 1 aliphatic carbocycles. The average molecular weight is 299 g/mol. The predicted molar refractivity (Wildman–Crippen MR) is 82.1 cm³/mol. The summed E-state index contributed by atoms with van der Waals surface area (Å²) in [4.78, 5) is 14.6. The van der Waals surface area contributed by atoms with Crippen molar-refractivity contribution < 1.29 is 9.90 Å². The Bertz CT molecular complexity index is 459. The molecular weight excluding hydrogens is 276 g/mol. The molecule has 1 aliphatic rings. The Labute approximate surface area is 126 Å². The SMILES string of the molecule is CCN(CC)C(=O)[C@]1(c2ccc(O)cc2)C[C@@H]1CN.Cl. The van der Waals surface area contributed by atoms with Crippen molar-refractivity contribution in [3.63, 3.8) is 0 Å². The van der Waals surface area contributed by atoms with Crippen LogP contribution in [-0.2, 0) is 10.2 Å². The Hall–Kier alpha value is -1.26. The number of rotatable bonds is 5. The second kappa shape index (κ2) is 6.46. The summed E-state index contributed by atoms with van der Waals surface area (Å²) >= 11 is 0. The van der Waals surface area contributed by atoms with E-state index < -0.39 is 5.41 Å². The number of carbonyl (C=O) groups excluding carboxylic acids is 1. The van der Waals surface area contributed by atoms with Crippen LogP contribution in [0.15, 0.2) is 24.3 Å². The highest BCUT2D eigenvalue weighted by atomic mass is 35.5. The lowest BCUT2D eigenvalue weighted by molar-refractivity contribution is -0.134. The minimum atomic E-state index is -0.464. The number of likely N-dealkylation sites (N-methyl/N-ethyl adjacent to an activating group) is 1. The van der Waals surface area contributed by atoms with E-state index in [1.807, 2.05) is 30.9 Å². The van der Waals surface area contributed by atoms with Crippen molar-refractivity contribution in [1.82, 2.24) is 4.90 Å². The molecule has 20 heavy (non-hydrogen) atoms. The lowest BCUT2D eigenvalue weighted by Gasteiger charge is -2.26. The minimum Gasteiger partial charge on any atom is -0.508 e. The van der Waals surface area contributed by atoms with Gasteiger partial charge in [-0.2, -0.15) is 0 Å². The van der Waals surface area contributed by atoms with E-state index in [0.29, 0.717) is 19.6 Å². The van der Waals surface area contributed by atoms with Gasteiger partial charge >= 0.3 is 0 Å². The number of hydrogen-bond donors (Lipinski definition) is 2. The third-order valence-electron chi connectivity index (χ3n) is 4.20. The zero-order chi connectivity index (χ0) is 14.0. The van der Waals surface area contributed by atoms with Gasteiger partial charge < -0.3 is 15.7 Å². The van der Waals surface area contributed by atoms with Crippen LogP contribution in [0.3, 0.4) is 0 Å². The first-order valence-corrected chi connectivity index (χ1v) is 6.89. The Morgan fingerprint density at radius 1 is 1.35 bits per heavy atom.